The molecular weight excluding hydrogens is 829 g/mol. The Labute approximate surface area is 392 Å². The SMILES string of the molecule is CC.CC.CC.C[C@H](NC(=O)[C@@H]1CCCNC(=O)CC[N+]2=C(C=CC=C3N(CCC(=O)N[C@@H](C)C(=O)N1)c1ccc4ccccc4c1C3(C)C)C(C)(C)c1c2ccc2ccccc12)C(=O)O. The van der Waals surface area contributed by atoms with Crippen LogP contribution in [0.25, 0.3) is 21.5 Å². The number of amides is 4. The molecule has 0 saturated heterocycles. The minimum Gasteiger partial charge on any atom is -0.480 e. The molecule has 0 unspecified atom stereocenters. The smallest absolute Gasteiger partial charge is 0.325 e. The summed E-state index contributed by atoms with van der Waals surface area (Å²) in [6.07, 6.45) is 7.14. The fraction of sp³-hybridized carbons (Fsp3) is 0.444. The minimum absolute atomic E-state index is 0.0847. The van der Waals surface area contributed by atoms with E-state index in [0.29, 0.717) is 19.5 Å². The number of benzene rings is 4. The van der Waals surface area contributed by atoms with Gasteiger partial charge in [-0.05, 0) is 85.9 Å². The van der Waals surface area contributed by atoms with Gasteiger partial charge >= 0.3 is 5.97 Å². The van der Waals surface area contributed by atoms with Crippen LogP contribution >= 0.6 is 0 Å². The summed E-state index contributed by atoms with van der Waals surface area (Å²) in [5, 5.41) is 24.9. The molecule has 354 valence electrons. The van der Waals surface area contributed by atoms with Crippen molar-refractivity contribution in [1.29, 1.82) is 0 Å². The predicted molar refractivity (Wildman–Crippen MR) is 269 cm³/mol. The van der Waals surface area contributed by atoms with E-state index in [1.807, 2.05) is 59.7 Å². The van der Waals surface area contributed by atoms with E-state index in [4.69, 9.17) is 0 Å². The molecule has 0 saturated carbocycles. The number of allylic oxidation sites excluding steroid dienone is 4. The number of carboxylic acids is 1. The minimum atomic E-state index is -1.22. The molecule has 0 aliphatic carbocycles. The quantitative estimate of drug-likeness (QED) is 0.128. The van der Waals surface area contributed by atoms with Crippen molar-refractivity contribution in [2.75, 3.05) is 24.5 Å². The van der Waals surface area contributed by atoms with Crippen LogP contribution in [0.2, 0.25) is 0 Å². The summed E-state index contributed by atoms with van der Waals surface area (Å²) in [5.74, 6) is -2.98. The molecule has 7 rings (SSSR count). The summed E-state index contributed by atoms with van der Waals surface area (Å²) < 4.78 is 2.24. The molecule has 0 radical (unpaired) electrons. The molecule has 5 N–H and O–H groups in total. The summed E-state index contributed by atoms with van der Waals surface area (Å²) in [6.45, 7) is 24.8. The standard InChI is InChI=1S/C48H54N6O6.3C2H6/c1-29-44(57)52-35(45(58)51-30(2)46(59)60)17-12-26-49-40(55)24-27-53-36-22-20-31-13-7-9-15-33(31)42(36)47(3,4)38(53)18-11-19-39-48(5,6)43-34-16-10-8-14-32(34)21-23-37(43)54(39)28-25-41(56)50-29;3*1-2/h7-11,13-16,18-23,29-30,35H,12,17,24-28H2,1-6H3,(H4-,49,50,51,52,55,56,57,58,59,60);3*1-2H3/p+1/t29-,30-,35-;;;/m0.../s1. The van der Waals surface area contributed by atoms with Gasteiger partial charge < -0.3 is 31.3 Å². The zero-order chi connectivity index (χ0) is 48.9. The highest BCUT2D eigenvalue weighted by molar-refractivity contribution is 6.08. The average molecular weight is 902 g/mol. The van der Waals surface area contributed by atoms with E-state index in [1.54, 1.807) is 6.92 Å². The number of rotatable bonds is 3. The van der Waals surface area contributed by atoms with Crippen LogP contribution in [0.4, 0.5) is 11.4 Å². The van der Waals surface area contributed by atoms with Gasteiger partial charge in [-0.15, -0.1) is 0 Å². The van der Waals surface area contributed by atoms with Gasteiger partial charge in [-0.2, -0.15) is 4.58 Å². The highest BCUT2D eigenvalue weighted by Crippen LogP contribution is 2.51. The van der Waals surface area contributed by atoms with Gasteiger partial charge in [0, 0.05) is 54.0 Å². The lowest BCUT2D eigenvalue weighted by Gasteiger charge is -2.27. The second-order valence-electron chi connectivity index (χ2n) is 17.1. The van der Waals surface area contributed by atoms with Gasteiger partial charge in [0.05, 0.1) is 11.8 Å². The third kappa shape index (κ3) is 11.2. The topological polar surface area (TPSA) is 160 Å². The van der Waals surface area contributed by atoms with Crippen LogP contribution in [0.5, 0.6) is 0 Å². The largest absolute Gasteiger partial charge is 0.480 e. The van der Waals surface area contributed by atoms with Crippen LogP contribution in [0.1, 0.15) is 120 Å². The van der Waals surface area contributed by atoms with Gasteiger partial charge in [-0.1, -0.05) is 116 Å². The molecule has 12 nitrogen and oxygen atoms in total. The molecule has 3 aliphatic rings. The Morgan fingerprint density at radius 1 is 0.788 bits per heavy atom. The molecule has 4 amide bonds. The third-order valence-electron chi connectivity index (χ3n) is 12.3. The number of carbonyl (C=O) groups excluding carboxylic acids is 4. The van der Waals surface area contributed by atoms with E-state index < -0.39 is 46.7 Å². The Hall–Kier alpha value is -6.30. The molecular formula is C54H73N6O6+. The number of nitrogens with zero attached hydrogens (tertiary/aromatic N) is 2. The fourth-order valence-corrected chi connectivity index (χ4v) is 9.15. The Kier molecular flexibility index (Phi) is 18.4. The van der Waals surface area contributed by atoms with E-state index in [0.717, 1.165) is 44.3 Å². The lowest BCUT2D eigenvalue weighted by molar-refractivity contribution is -0.436. The highest BCUT2D eigenvalue weighted by atomic mass is 16.4. The van der Waals surface area contributed by atoms with Crippen LogP contribution in [-0.2, 0) is 34.8 Å². The average Bonchev–Trinajstić information content (AvgIpc) is 3.68. The molecule has 0 spiro atoms. The van der Waals surface area contributed by atoms with Crippen LogP contribution in [-0.4, -0.2) is 82.8 Å². The first-order valence-corrected chi connectivity index (χ1v) is 23.8. The van der Waals surface area contributed by atoms with Crippen molar-refractivity contribution in [3.05, 3.63) is 108 Å². The van der Waals surface area contributed by atoms with Crippen LogP contribution in [0.3, 0.4) is 0 Å². The van der Waals surface area contributed by atoms with Crippen LogP contribution < -0.4 is 26.2 Å². The van der Waals surface area contributed by atoms with E-state index in [2.05, 4.69) is 131 Å². The molecule has 3 aliphatic heterocycles. The van der Waals surface area contributed by atoms with Crippen molar-refractivity contribution < 1.29 is 33.7 Å². The molecule has 66 heavy (non-hydrogen) atoms. The van der Waals surface area contributed by atoms with Crippen molar-refractivity contribution in [3.63, 3.8) is 0 Å². The van der Waals surface area contributed by atoms with E-state index in [1.165, 1.54) is 18.1 Å². The summed E-state index contributed by atoms with van der Waals surface area (Å²) >= 11 is 0. The van der Waals surface area contributed by atoms with Gasteiger partial charge in [0.1, 0.15) is 18.1 Å². The molecule has 0 bridgehead atoms. The molecule has 12 heteroatoms. The Balaban J connectivity index is 0.00000152. The zero-order valence-corrected chi connectivity index (χ0v) is 41.2. The predicted octanol–water partition coefficient (Wildman–Crippen LogP) is 8.95. The third-order valence-corrected chi connectivity index (χ3v) is 12.3. The Bertz CT molecular complexity index is 2500. The van der Waals surface area contributed by atoms with Crippen LogP contribution in [0, 0.1) is 0 Å². The number of fused-ring (bicyclic) bond motifs is 9. The van der Waals surface area contributed by atoms with Gasteiger partial charge in [0.2, 0.25) is 29.3 Å². The number of anilines is 1. The summed E-state index contributed by atoms with van der Waals surface area (Å²) in [4.78, 5) is 67.4. The van der Waals surface area contributed by atoms with Crippen LogP contribution in [0.15, 0.2) is 96.7 Å². The Morgan fingerprint density at radius 3 is 2.03 bits per heavy atom. The number of hydrogen-bond donors (Lipinski definition) is 5. The van der Waals surface area contributed by atoms with Gasteiger partial charge in [-0.25, -0.2) is 0 Å². The molecule has 3 atom stereocenters. The number of hydrogen-bond acceptors (Lipinski definition) is 6. The second kappa shape index (κ2) is 23.2. The maximum Gasteiger partial charge on any atom is 0.325 e. The molecule has 0 fully saturated rings. The first-order valence-electron chi connectivity index (χ1n) is 23.8. The summed E-state index contributed by atoms with van der Waals surface area (Å²) in [5.41, 5.74) is 5.64. The van der Waals surface area contributed by atoms with Crippen molar-refractivity contribution in [2.45, 2.75) is 138 Å². The Morgan fingerprint density at radius 2 is 1.39 bits per heavy atom. The number of nitrogens with one attached hydrogen (secondary N) is 4. The molecule has 4 aromatic rings. The van der Waals surface area contributed by atoms with E-state index in [9.17, 15) is 29.1 Å². The van der Waals surface area contributed by atoms with Crippen molar-refractivity contribution >= 4 is 68.2 Å². The first-order chi connectivity index (χ1) is 31.6. The van der Waals surface area contributed by atoms with E-state index >= 15 is 0 Å². The monoisotopic (exact) mass is 902 g/mol. The summed E-state index contributed by atoms with van der Waals surface area (Å²) in [7, 11) is 0. The molecule has 3 heterocycles. The molecule has 0 aromatic heterocycles. The van der Waals surface area contributed by atoms with Gasteiger partial charge in [0.15, 0.2) is 12.3 Å². The number of carbonyl (C=O) groups is 5. The number of carboxylic acid groups (broad SMARTS) is 1. The second-order valence-corrected chi connectivity index (χ2v) is 17.1. The lowest BCUT2D eigenvalue weighted by Crippen LogP contribution is -2.54. The zero-order valence-electron chi connectivity index (χ0n) is 41.2. The lowest BCUT2D eigenvalue weighted by atomic mass is 9.79. The van der Waals surface area contributed by atoms with Crippen molar-refractivity contribution in [2.24, 2.45) is 0 Å². The van der Waals surface area contributed by atoms with E-state index in [-0.39, 0.29) is 37.6 Å². The van der Waals surface area contributed by atoms with Gasteiger partial charge in [0.25, 0.3) is 0 Å². The normalized spacial score (nSPS) is 19.8. The molecule has 4 aromatic carbocycles. The maximum atomic E-state index is 13.6. The van der Waals surface area contributed by atoms with Crippen molar-refractivity contribution in [3.8, 4) is 0 Å². The first kappa shape index (κ1) is 52.3. The van der Waals surface area contributed by atoms with Gasteiger partial charge in [-0.3, -0.25) is 24.0 Å². The fourth-order valence-electron chi connectivity index (χ4n) is 9.15. The summed E-state index contributed by atoms with van der Waals surface area (Å²) in [6, 6.07) is 21.9. The number of aliphatic carboxylic acids is 1. The van der Waals surface area contributed by atoms with Crippen molar-refractivity contribution in [1.82, 2.24) is 21.3 Å². The highest BCUT2D eigenvalue weighted by Gasteiger charge is 2.46. The maximum absolute atomic E-state index is 13.6.